The minimum Gasteiger partial charge on any atom is -0.543 e. The van der Waals surface area contributed by atoms with Crippen LogP contribution in [0.5, 0.6) is 11.5 Å². The van der Waals surface area contributed by atoms with Gasteiger partial charge in [-0.25, -0.2) is 14.4 Å². The fraction of sp³-hybridized carbons (Fsp3) is 0.500. The summed E-state index contributed by atoms with van der Waals surface area (Å²) < 4.78 is 22.1. The molecule has 1 unspecified atom stereocenters. The van der Waals surface area contributed by atoms with Crippen LogP contribution in [0, 0.1) is 17.0 Å². The molecule has 2 rings (SSSR count). The third-order valence-corrected chi connectivity index (χ3v) is 13.3. The topological polar surface area (TPSA) is 181 Å². The Kier molecular flexibility index (Phi) is 14.3. The van der Waals surface area contributed by atoms with Crippen molar-refractivity contribution in [2.45, 2.75) is 84.0 Å². The number of hydroxylamine groups is 2. The highest BCUT2D eigenvalue weighted by Gasteiger charge is 2.40. The number of nitrogens with zero attached hydrogens (tertiary/aromatic N) is 2. The summed E-state index contributed by atoms with van der Waals surface area (Å²) in [6, 6.07) is 5.53. The average Bonchev–Trinajstić information content (AvgIpc) is 3.01. The number of non-ortho nitro benzene ring substituents is 1. The molecule has 0 heterocycles. The maximum Gasteiger partial charge on any atom is 0.533 e. The predicted octanol–water partition coefficient (Wildman–Crippen LogP) is 6.67. The number of amides is 1. The van der Waals surface area contributed by atoms with Gasteiger partial charge in [-0.2, -0.15) is 16.8 Å². The molecular weight excluding hydrogens is 665 g/mol. The van der Waals surface area contributed by atoms with Crippen molar-refractivity contribution in [2.75, 3.05) is 20.0 Å². The van der Waals surface area contributed by atoms with E-state index in [1.807, 2.05) is 0 Å². The molecule has 0 aromatic heterocycles. The van der Waals surface area contributed by atoms with Crippen LogP contribution in [-0.2, 0) is 36.3 Å². The highest BCUT2D eigenvalue weighted by atomic mass is 32.2. The van der Waals surface area contributed by atoms with Crippen LogP contribution in [0.15, 0.2) is 30.3 Å². The van der Waals surface area contributed by atoms with Crippen LogP contribution in [0.2, 0.25) is 18.1 Å². The summed E-state index contributed by atoms with van der Waals surface area (Å²) in [6.45, 7) is 13.4. The molecule has 14 nitrogen and oxygen atoms in total. The predicted molar refractivity (Wildman–Crippen MR) is 181 cm³/mol. The van der Waals surface area contributed by atoms with Crippen molar-refractivity contribution in [2.24, 2.45) is 0 Å². The van der Waals surface area contributed by atoms with Crippen molar-refractivity contribution >= 4 is 49.8 Å². The zero-order valence-corrected chi connectivity index (χ0v) is 30.6. The SMILES string of the molecule is CCCC(=O)N(OC(=O)OCc1ccc([N+](=O)[O-])cc1)C(CSCc1c(OC)cc(O[Si](C)(C)C(C)(C)C)c(C)c1C(=O)O)C(=O)OC. The summed E-state index contributed by atoms with van der Waals surface area (Å²) in [4.78, 5) is 66.7. The molecule has 0 fully saturated rings. The summed E-state index contributed by atoms with van der Waals surface area (Å²) in [7, 11) is 0.193. The van der Waals surface area contributed by atoms with E-state index in [0.29, 0.717) is 33.9 Å². The number of methoxy groups -OCH3 is 2. The van der Waals surface area contributed by atoms with Crippen molar-refractivity contribution in [3.8, 4) is 11.5 Å². The molecular formula is C32H44N2O12SSi. The van der Waals surface area contributed by atoms with Crippen molar-refractivity contribution in [1.82, 2.24) is 5.06 Å². The maximum atomic E-state index is 13.1. The molecule has 48 heavy (non-hydrogen) atoms. The van der Waals surface area contributed by atoms with Gasteiger partial charge >= 0.3 is 18.1 Å². The minimum absolute atomic E-state index is 0.00448. The molecule has 0 aliphatic carbocycles. The first-order chi connectivity index (χ1) is 22.4. The van der Waals surface area contributed by atoms with Gasteiger partial charge in [0.2, 0.25) is 8.32 Å². The van der Waals surface area contributed by atoms with E-state index < -0.39 is 43.3 Å². The highest BCUT2D eigenvalue weighted by molar-refractivity contribution is 7.98. The summed E-state index contributed by atoms with van der Waals surface area (Å²) in [5, 5.41) is 21.6. The largest absolute Gasteiger partial charge is 0.543 e. The number of nitro groups is 1. The third-order valence-electron chi connectivity index (χ3n) is 7.88. The number of hydrogen-bond donors (Lipinski definition) is 1. The number of carbonyl (C=O) groups is 4. The molecule has 264 valence electrons. The molecule has 1 atom stereocenters. The van der Waals surface area contributed by atoms with Crippen LogP contribution in [-0.4, -0.2) is 73.4 Å². The number of thioether (sulfide) groups is 1. The first-order valence-corrected chi connectivity index (χ1v) is 19.1. The standard InChI is InChI=1S/C32H44N2O12SSi/c1-10-11-27(35)33(45-31(39)44-17-21-12-14-22(15-13-21)34(40)41)24(30(38)43-7)19-47-18-23-26(42-6)16-25(20(2)28(23)29(36)37)46-48(8,9)32(3,4)5/h12-16,24H,10-11,17-19H2,1-9H3,(H,36,37). The molecule has 2 aromatic carbocycles. The van der Waals surface area contributed by atoms with Crippen LogP contribution < -0.4 is 9.16 Å². The molecule has 0 aliphatic heterocycles. The number of nitro benzene ring substituents is 1. The van der Waals surface area contributed by atoms with E-state index in [-0.39, 0.29) is 46.6 Å². The number of carboxylic acids is 1. The second-order valence-electron chi connectivity index (χ2n) is 12.3. The van der Waals surface area contributed by atoms with Gasteiger partial charge in [-0.05, 0) is 49.2 Å². The van der Waals surface area contributed by atoms with Gasteiger partial charge in [-0.15, -0.1) is 0 Å². The highest BCUT2D eigenvalue weighted by Crippen LogP contribution is 2.42. The van der Waals surface area contributed by atoms with Gasteiger partial charge in [0.05, 0.1) is 24.7 Å². The smallest absolute Gasteiger partial charge is 0.533 e. The van der Waals surface area contributed by atoms with Crippen molar-refractivity contribution in [1.29, 1.82) is 0 Å². The van der Waals surface area contributed by atoms with Gasteiger partial charge in [0.1, 0.15) is 18.1 Å². The Morgan fingerprint density at radius 1 is 1.08 bits per heavy atom. The number of ether oxygens (including phenoxy) is 3. The summed E-state index contributed by atoms with van der Waals surface area (Å²) in [5.41, 5.74) is 1.04. The fourth-order valence-electron chi connectivity index (χ4n) is 4.15. The quantitative estimate of drug-likeness (QED) is 0.0898. The Morgan fingerprint density at radius 2 is 1.71 bits per heavy atom. The molecule has 0 saturated carbocycles. The van der Waals surface area contributed by atoms with Crippen LogP contribution >= 0.6 is 11.8 Å². The van der Waals surface area contributed by atoms with Crippen LogP contribution in [0.3, 0.4) is 0 Å². The number of esters is 1. The number of rotatable bonds is 15. The molecule has 2 aromatic rings. The van der Waals surface area contributed by atoms with E-state index >= 15 is 0 Å². The number of carboxylic acid groups (broad SMARTS) is 1. The molecule has 0 radical (unpaired) electrons. The lowest BCUT2D eigenvalue weighted by Crippen LogP contribution is -2.48. The molecule has 0 saturated heterocycles. The normalized spacial score (nSPS) is 12.0. The first-order valence-electron chi connectivity index (χ1n) is 15.1. The van der Waals surface area contributed by atoms with E-state index in [4.69, 9.17) is 23.5 Å². The maximum absolute atomic E-state index is 13.1. The van der Waals surface area contributed by atoms with Crippen molar-refractivity contribution in [3.63, 3.8) is 0 Å². The summed E-state index contributed by atoms with van der Waals surface area (Å²) in [6.07, 6.45) is -0.988. The van der Waals surface area contributed by atoms with Crippen LogP contribution in [0.1, 0.15) is 67.6 Å². The Bertz CT molecular complexity index is 1490. The van der Waals surface area contributed by atoms with Gasteiger partial charge in [0.15, 0.2) is 6.04 Å². The van der Waals surface area contributed by atoms with E-state index in [0.717, 1.165) is 18.9 Å². The molecule has 16 heteroatoms. The Morgan fingerprint density at radius 3 is 2.21 bits per heavy atom. The molecule has 0 aliphatic rings. The number of aromatic carboxylic acids is 1. The number of carbonyl (C=O) groups excluding carboxylic acids is 3. The Hall–Kier alpha value is -4.31. The zero-order valence-electron chi connectivity index (χ0n) is 28.7. The number of hydrogen-bond acceptors (Lipinski definition) is 12. The van der Waals surface area contributed by atoms with E-state index in [1.54, 1.807) is 19.9 Å². The lowest BCUT2D eigenvalue weighted by Gasteiger charge is -2.37. The van der Waals surface area contributed by atoms with Gasteiger partial charge in [-0.1, -0.05) is 27.7 Å². The number of benzene rings is 2. The van der Waals surface area contributed by atoms with E-state index in [1.165, 1.54) is 31.4 Å². The van der Waals surface area contributed by atoms with E-state index in [9.17, 15) is 34.4 Å². The molecule has 0 spiro atoms. The first kappa shape index (κ1) is 39.9. The third kappa shape index (κ3) is 10.3. The fourth-order valence-corrected chi connectivity index (χ4v) is 6.32. The Labute approximate surface area is 285 Å². The molecule has 1 N–H and O–H groups in total. The summed E-state index contributed by atoms with van der Waals surface area (Å²) >= 11 is 1.10. The second-order valence-corrected chi connectivity index (χ2v) is 18.1. The van der Waals surface area contributed by atoms with E-state index in [2.05, 4.69) is 33.9 Å². The zero-order chi connectivity index (χ0) is 36.4. The Balaban J connectivity index is 2.33. The molecule has 0 bridgehead atoms. The van der Waals surface area contributed by atoms with Gasteiger partial charge < -0.3 is 28.6 Å². The summed E-state index contributed by atoms with van der Waals surface area (Å²) in [5.74, 6) is -2.18. The lowest BCUT2D eigenvalue weighted by molar-refractivity contribution is -0.384. The van der Waals surface area contributed by atoms with Crippen molar-refractivity contribution in [3.05, 3.63) is 62.7 Å². The van der Waals surface area contributed by atoms with Gasteiger partial charge in [-0.3, -0.25) is 14.9 Å². The van der Waals surface area contributed by atoms with Gasteiger partial charge in [0.25, 0.3) is 11.6 Å². The minimum atomic E-state index is -2.34. The average molecular weight is 709 g/mol. The van der Waals surface area contributed by atoms with Crippen LogP contribution in [0.25, 0.3) is 0 Å². The van der Waals surface area contributed by atoms with Gasteiger partial charge in [0, 0.05) is 47.3 Å². The molecule has 1 amide bonds. The van der Waals surface area contributed by atoms with Crippen molar-refractivity contribution < 1.29 is 52.7 Å². The van der Waals surface area contributed by atoms with Crippen LogP contribution in [0.4, 0.5) is 10.5 Å². The second kappa shape index (κ2) is 17.2. The lowest BCUT2D eigenvalue weighted by atomic mass is 10.0. The monoisotopic (exact) mass is 708 g/mol.